The van der Waals surface area contributed by atoms with Crippen molar-refractivity contribution in [2.45, 2.75) is 20.8 Å². The molecule has 0 aliphatic carbocycles. The molecule has 1 N–H and O–H groups in total. The van der Waals surface area contributed by atoms with Crippen LogP contribution in [0.3, 0.4) is 0 Å². The molecule has 0 saturated carbocycles. The molecule has 0 spiro atoms. The largest absolute Gasteiger partial charge is 0.385 e. The third-order valence-corrected chi connectivity index (χ3v) is 1.73. The van der Waals surface area contributed by atoms with Crippen LogP contribution >= 0.6 is 0 Å². The summed E-state index contributed by atoms with van der Waals surface area (Å²) in [5.74, 6) is 0. The Hall–Kier alpha value is -1.24. The predicted molar refractivity (Wildman–Crippen MR) is 60.5 cm³/mol. The lowest BCUT2D eigenvalue weighted by atomic mass is 10.3. The number of allylic oxidation sites excluding steroid dienone is 6. The van der Waals surface area contributed by atoms with Gasteiger partial charge in [-0.25, -0.2) is 0 Å². The van der Waals surface area contributed by atoms with Crippen LogP contribution in [0, 0.1) is 0 Å². The van der Waals surface area contributed by atoms with Crippen molar-refractivity contribution in [3.05, 3.63) is 48.2 Å². The van der Waals surface area contributed by atoms with E-state index in [1.54, 1.807) is 6.08 Å². The van der Waals surface area contributed by atoms with E-state index in [2.05, 4.69) is 31.8 Å². The van der Waals surface area contributed by atoms with Crippen LogP contribution in [0.15, 0.2) is 48.2 Å². The Balaban J connectivity index is 3.86. The fraction of sp³-hybridized carbons (Fsp3) is 0.333. The predicted octanol–water partition coefficient (Wildman–Crippen LogP) is 3.19. The molecule has 0 rings (SSSR count). The van der Waals surface area contributed by atoms with Gasteiger partial charge in [0.05, 0.1) is 0 Å². The minimum atomic E-state index is 0.917. The second kappa shape index (κ2) is 7.41. The maximum absolute atomic E-state index is 3.60. The molecule has 0 bridgehead atoms. The Morgan fingerprint density at radius 2 is 2.00 bits per heavy atom. The Bertz CT molecular complexity index is 232. The second-order valence-electron chi connectivity index (χ2n) is 2.96. The number of hydrogen-bond donors (Lipinski definition) is 1. The van der Waals surface area contributed by atoms with Crippen LogP contribution < -0.4 is 5.32 Å². The highest BCUT2D eigenvalue weighted by Gasteiger charge is 1.87. The van der Waals surface area contributed by atoms with Crippen molar-refractivity contribution >= 4 is 0 Å². The molecule has 0 heterocycles. The molecule has 1 nitrogen and oxygen atoms in total. The van der Waals surface area contributed by atoms with E-state index in [4.69, 9.17) is 0 Å². The summed E-state index contributed by atoms with van der Waals surface area (Å²) in [5.41, 5.74) is 2.51. The summed E-state index contributed by atoms with van der Waals surface area (Å²) in [7, 11) is 0. The molecule has 0 aliphatic rings. The van der Waals surface area contributed by atoms with Gasteiger partial charge in [-0.2, -0.15) is 0 Å². The molecular formula is C12H19N. The van der Waals surface area contributed by atoms with Gasteiger partial charge >= 0.3 is 0 Å². The first-order valence-electron chi connectivity index (χ1n) is 4.52. The van der Waals surface area contributed by atoms with E-state index < -0.39 is 0 Å². The van der Waals surface area contributed by atoms with Crippen LogP contribution in [0.4, 0.5) is 0 Å². The molecule has 0 amide bonds. The van der Waals surface area contributed by atoms with E-state index in [1.807, 2.05) is 25.2 Å². The van der Waals surface area contributed by atoms with E-state index >= 15 is 0 Å². The van der Waals surface area contributed by atoms with Crippen molar-refractivity contribution in [3.8, 4) is 0 Å². The first kappa shape index (κ1) is 11.8. The molecule has 0 aromatic carbocycles. The van der Waals surface area contributed by atoms with Gasteiger partial charge in [-0.1, -0.05) is 36.5 Å². The quantitative estimate of drug-likeness (QED) is 0.502. The molecule has 0 aromatic rings. The first-order chi connectivity index (χ1) is 6.20. The molecule has 1 heteroatoms. The van der Waals surface area contributed by atoms with Gasteiger partial charge in [0.1, 0.15) is 0 Å². The van der Waals surface area contributed by atoms with Gasteiger partial charge in [-0.3, -0.25) is 0 Å². The minimum Gasteiger partial charge on any atom is -0.385 e. The Labute approximate surface area is 81.5 Å². The van der Waals surface area contributed by atoms with Crippen LogP contribution in [0.1, 0.15) is 20.8 Å². The fourth-order valence-electron chi connectivity index (χ4n) is 0.718. The smallest absolute Gasteiger partial charge is 0.0354 e. The van der Waals surface area contributed by atoms with Gasteiger partial charge in [0.15, 0.2) is 0 Å². The average molecular weight is 177 g/mol. The summed E-state index contributed by atoms with van der Waals surface area (Å²) in [6.07, 6.45) is 9.79. The number of nitrogens with one attached hydrogen (secondary N) is 1. The summed E-state index contributed by atoms with van der Waals surface area (Å²) in [6.45, 7) is 10.7. The standard InChI is InChI=1S/C12H19N/c1-5-7-8-9-12(4)13-10-11(3)6-2/h5-9,13H,1,10H2,2-4H3/b8-7-,11-6+,12-9+. The van der Waals surface area contributed by atoms with E-state index in [0.29, 0.717) is 0 Å². The first-order valence-corrected chi connectivity index (χ1v) is 4.52. The molecule has 72 valence electrons. The minimum absolute atomic E-state index is 0.917. The highest BCUT2D eigenvalue weighted by atomic mass is 14.9. The SMILES string of the molecule is C=C/C=C\C=C(/C)NC/C(C)=C/C. The summed E-state index contributed by atoms with van der Waals surface area (Å²) < 4.78 is 0. The van der Waals surface area contributed by atoms with Crippen molar-refractivity contribution in [2.75, 3.05) is 6.54 Å². The van der Waals surface area contributed by atoms with Crippen LogP contribution in [-0.4, -0.2) is 6.54 Å². The monoisotopic (exact) mass is 177 g/mol. The third-order valence-electron chi connectivity index (χ3n) is 1.73. The zero-order chi connectivity index (χ0) is 10.1. The maximum Gasteiger partial charge on any atom is 0.0354 e. The second-order valence-corrected chi connectivity index (χ2v) is 2.96. The highest BCUT2D eigenvalue weighted by molar-refractivity contribution is 5.14. The molecule has 0 aliphatic heterocycles. The molecule has 0 atom stereocenters. The third kappa shape index (κ3) is 7.13. The molecule has 0 radical (unpaired) electrons. The number of rotatable bonds is 5. The van der Waals surface area contributed by atoms with Crippen molar-refractivity contribution < 1.29 is 0 Å². The molecule has 0 fully saturated rings. The van der Waals surface area contributed by atoms with Crippen LogP contribution in [0.2, 0.25) is 0 Å². The zero-order valence-electron chi connectivity index (χ0n) is 8.80. The summed E-state index contributed by atoms with van der Waals surface area (Å²) in [5, 5.41) is 3.30. The van der Waals surface area contributed by atoms with Crippen molar-refractivity contribution in [2.24, 2.45) is 0 Å². The lowest BCUT2D eigenvalue weighted by molar-refractivity contribution is 0.868. The molecule has 0 aromatic heterocycles. The lowest BCUT2D eigenvalue weighted by Crippen LogP contribution is -2.13. The Morgan fingerprint density at radius 3 is 2.54 bits per heavy atom. The molecular weight excluding hydrogens is 158 g/mol. The van der Waals surface area contributed by atoms with Gasteiger partial charge in [0.2, 0.25) is 0 Å². The summed E-state index contributed by atoms with van der Waals surface area (Å²) in [6, 6.07) is 0. The van der Waals surface area contributed by atoms with Gasteiger partial charge in [-0.05, 0) is 26.8 Å². The van der Waals surface area contributed by atoms with Gasteiger partial charge in [0, 0.05) is 12.2 Å². The van der Waals surface area contributed by atoms with Crippen molar-refractivity contribution in [1.29, 1.82) is 0 Å². The molecule has 0 saturated heterocycles. The lowest BCUT2D eigenvalue weighted by Gasteiger charge is -2.05. The molecule has 0 unspecified atom stereocenters. The van der Waals surface area contributed by atoms with Crippen LogP contribution in [0.5, 0.6) is 0 Å². The zero-order valence-corrected chi connectivity index (χ0v) is 8.80. The van der Waals surface area contributed by atoms with Crippen molar-refractivity contribution in [1.82, 2.24) is 5.32 Å². The topological polar surface area (TPSA) is 12.0 Å². The fourth-order valence-corrected chi connectivity index (χ4v) is 0.718. The Morgan fingerprint density at radius 1 is 1.31 bits per heavy atom. The van der Waals surface area contributed by atoms with Crippen LogP contribution in [0.25, 0.3) is 0 Å². The number of hydrogen-bond acceptors (Lipinski definition) is 1. The summed E-state index contributed by atoms with van der Waals surface area (Å²) in [4.78, 5) is 0. The normalized spacial score (nSPS) is 13.5. The summed E-state index contributed by atoms with van der Waals surface area (Å²) >= 11 is 0. The maximum atomic E-state index is 3.60. The highest BCUT2D eigenvalue weighted by Crippen LogP contribution is 1.93. The van der Waals surface area contributed by atoms with E-state index in [9.17, 15) is 0 Å². The van der Waals surface area contributed by atoms with Gasteiger partial charge in [-0.15, -0.1) is 0 Å². The Kier molecular flexibility index (Phi) is 6.70. The van der Waals surface area contributed by atoms with Crippen molar-refractivity contribution in [3.63, 3.8) is 0 Å². The van der Waals surface area contributed by atoms with Gasteiger partial charge in [0.25, 0.3) is 0 Å². The van der Waals surface area contributed by atoms with Crippen LogP contribution in [-0.2, 0) is 0 Å². The van der Waals surface area contributed by atoms with E-state index in [0.717, 1.165) is 6.54 Å². The van der Waals surface area contributed by atoms with E-state index in [-0.39, 0.29) is 0 Å². The van der Waals surface area contributed by atoms with Gasteiger partial charge < -0.3 is 5.32 Å². The van der Waals surface area contributed by atoms with E-state index in [1.165, 1.54) is 11.3 Å². The average Bonchev–Trinajstić information content (AvgIpc) is 2.14. The molecule has 13 heavy (non-hydrogen) atoms.